The Kier molecular flexibility index (Phi) is 9.62. The zero-order chi connectivity index (χ0) is 22.9. The molecule has 2 aromatic carbocycles. The molecule has 1 aliphatic rings. The van der Waals surface area contributed by atoms with Gasteiger partial charge >= 0.3 is 11.9 Å². The topological polar surface area (TPSA) is 287 Å². The molecule has 14 N–H and O–H groups in total. The fourth-order valence-corrected chi connectivity index (χ4v) is 3.05. The summed E-state index contributed by atoms with van der Waals surface area (Å²) in [6.45, 7) is 0. The quantitative estimate of drug-likeness (QED) is 0.386. The van der Waals surface area contributed by atoms with E-state index in [1.165, 1.54) is 18.2 Å². The number of quaternary nitrogens is 3. The third-order valence-corrected chi connectivity index (χ3v) is 4.49. The summed E-state index contributed by atoms with van der Waals surface area (Å²) in [4.78, 5) is 45.9. The summed E-state index contributed by atoms with van der Waals surface area (Å²) in [7, 11) is 0. The van der Waals surface area contributed by atoms with Gasteiger partial charge in [0.25, 0.3) is 0 Å². The van der Waals surface area contributed by atoms with Gasteiger partial charge in [-0.25, -0.2) is 9.59 Å². The first-order chi connectivity index (χ1) is 14.6. The van der Waals surface area contributed by atoms with E-state index in [9.17, 15) is 44.7 Å². The maximum atomic E-state index is 11.8. The van der Waals surface area contributed by atoms with E-state index in [0.29, 0.717) is 0 Å². The number of carbonyl (C=O) groups is 4. The van der Waals surface area contributed by atoms with Crippen LogP contribution in [-0.4, -0.2) is 33.9 Å². The SMILES string of the molecule is O=C(O)C1=CC(=C(c2ccc([O-])c(C(=O)[O-])c2)c2ccc([O-])c(C(=O)O)c2)C=CC1=O.[NH4+].[NH4+].[NH4+]. The standard InChI is InChI=1S/C22H14O9.3H3N/c23-16-4-1-10(7-13(16)20(26)27)19(11-2-5-17(24)14(8-11)21(28)29)12-3-6-18(25)15(9-12)22(30)31;;;/h1-9,23-24H,(H,26,27)(H,28,29)(H,30,31);3*1H3. The predicted octanol–water partition coefficient (Wildman–Crippen LogP) is 0.976. The summed E-state index contributed by atoms with van der Waals surface area (Å²) in [5, 5.41) is 53.5. The summed E-state index contributed by atoms with van der Waals surface area (Å²) in [5.41, 5.74) is -1.38. The van der Waals surface area contributed by atoms with Crippen LogP contribution in [0.5, 0.6) is 11.5 Å². The summed E-state index contributed by atoms with van der Waals surface area (Å²) < 4.78 is 0. The van der Waals surface area contributed by atoms with Crippen molar-refractivity contribution < 1.29 is 44.7 Å². The molecule has 0 amide bonds. The average Bonchev–Trinajstić information content (AvgIpc) is 2.71. The molecule has 0 aliphatic heterocycles. The molecule has 0 spiro atoms. The van der Waals surface area contributed by atoms with Crippen molar-refractivity contribution in [3.63, 3.8) is 0 Å². The van der Waals surface area contributed by atoms with Crippen LogP contribution in [0.1, 0.15) is 31.8 Å². The highest BCUT2D eigenvalue weighted by Crippen LogP contribution is 2.34. The van der Waals surface area contributed by atoms with Gasteiger partial charge < -0.3 is 48.8 Å². The first-order valence-electron chi connectivity index (χ1n) is 8.59. The van der Waals surface area contributed by atoms with Crippen LogP contribution in [0.3, 0.4) is 0 Å². The van der Waals surface area contributed by atoms with Crippen molar-refractivity contribution in [3.8, 4) is 11.5 Å². The second-order valence-corrected chi connectivity index (χ2v) is 6.41. The smallest absolute Gasteiger partial charge is 0.339 e. The van der Waals surface area contributed by atoms with Gasteiger partial charge in [-0.2, -0.15) is 0 Å². The Morgan fingerprint density at radius 3 is 1.71 bits per heavy atom. The molecule has 12 nitrogen and oxygen atoms in total. The molecule has 3 rings (SSSR count). The number of hydrogen-bond donors (Lipinski definition) is 5. The first kappa shape index (κ1) is 29.2. The Morgan fingerprint density at radius 1 is 0.735 bits per heavy atom. The van der Waals surface area contributed by atoms with Crippen LogP contribution in [0.4, 0.5) is 0 Å². The molecule has 180 valence electrons. The van der Waals surface area contributed by atoms with Crippen molar-refractivity contribution >= 4 is 29.3 Å². The number of hydrogen-bond acceptors (Lipinski definition) is 7. The zero-order valence-corrected chi connectivity index (χ0v) is 18.4. The normalized spacial score (nSPS) is 13.4. The minimum Gasteiger partial charge on any atom is -0.872 e. The third-order valence-electron chi connectivity index (χ3n) is 4.49. The van der Waals surface area contributed by atoms with Crippen molar-refractivity contribution in [2.45, 2.75) is 0 Å². The maximum absolute atomic E-state index is 11.8. The van der Waals surface area contributed by atoms with Crippen molar-refractivity contribution in [2.75, 3.05) is 0 Å². The van der Waals surface area contributed by atoms with Gasteiger partial charge in [0.1, 0.15) is 5.57 Å². The van der Waals surface area contributed by atoms with E-state index in [1.54, 1.807) is 0 Å². The van der Waals surface area contributed by atoms with E-state index < -0.39 is 51.9 Å². The number of ketones is 1. The first-order valence-corrected chi connectivity index (χ1v) is 8.59. The van der Waals surface area contributed by atoms with Gasteiger partial charge in [0, 0.05) is 0 Å². The van der Waals surface area contributed by atoms with Crippen LogP contribution in [0.25, 0.3) is 5.57 Å². The number of carbonyl (C=O) groups excluding carboxylic acids is 2. The van der Waals surface area contributed by atoms with E-state index in [4.69, 9.17) is 0 Å². The number of benzene rings is 2. The minimum atomic E-state index is -1.74. The number of aliphatic carboxylic acids is 1. The van der Waals surface area contributed by atoms with Crippen LogP contribution in [0.2, 0.25) is 0 Å². The summed E-state index contributed by atoms with van der Waals surface area (Å²) >= 11 is 0. The van der Waals surface area contributed by atoms with Crippen LogP contribution < -0.4 is 33.8 Å². The molecule has 0 bridgehead atoms. The average molecular weight is 473 g/mol. The molecule has 0 heterocycles. The molecule has 1 aliphatic carbocycles. The van der Waals surface area contributed by atoms with Crippen LogP contribution >= 0.6 is 0 Å². The van der Waals surface area contributed by atoms with Gasteiger partial charge in [0.2, 0.25) is 0 Å². The van der Waals surface area contributed by atoms with E-state index in [0.717, 1.165) is 36.4 Å². The molecule has 12 heteroatoms. The summed E-state index contributed by atoms with van der Waals surface area (Å²) in [6, 6.07) is 6.49. The summed E-state index contributed by atoms with van der Waals surface area (Å²) in [6.07, 6.45) is 3.29. The number of allylic oxidation sites excluding steroid dienone is 4. The number of carboxylic acids is 3. The van der Waals surface area contributed by atoms with E-state index in [2.05, 4.69) is 0 Å². The van der Waals surface area contributed by atoms with Gasteiger partial charge in [0.15, 0.2) is 5.78 Å². The Morgan fingerprint density at radius 2 is 1.24 bits per heavy atom. The molecule has 2 aromatic rings. The second kappa shape index (κ2) is 11.2. The molecule has 0 radical (unpaired) electrons. The predicted molar refractivity (Wildman–Crippen MR) is 117 cm³/mol. The van der Waals surface area contributed by atoms with Gasteiger partial charge in [-0.05, 0) is 52.1 Å². The second-order valence-electron chi connectivity index (χ2n) is 6.41. The Bertz CT molecular complexity index is 1190. The van der Waals surface area contributed by atoms with Gasteiger partial charge in [-0.15, -0.1) is 0 Å². The molecule has 0 saturated carbocycles. The third kappa shape index (κ3) is 5.52. The van der Waals surface area contributed by atoms with Crippen LogP contribution in [-0.2, 0) is 9.59 Å². The van der Waals surface area contributed by atoms with Crippen LogP contribution in [0.15, 0.2) is 65.8 Å². The van der Waals surface area contributed by atoms with Gasteiger partial charge in [0.05, 0.1) is 11.5 Å². The van der Waals surface area contributed by atoms with Gasteiger partial charge in [-0.1, -0.05) is 41.8 Å². The fraction of sp³-hybridized carbons (Fsp3) is 0. The molecular weight excluding hydrogens is 450 g/mol. The monoisotopic (exact) mass is 473 g/mol. The highest BCUT2D eigenvalue weighted by molar-refractivity contribution is 6.23. The van der Waals surface area contributed by atoms with Crippen molar-refractivity contribution in [3.05, 3.63) is 88.0 Å². The molecular formula is C22H23N3O9. The number of carboxylic acid groups (broad SMARTS) is 3. The molecule has 0 atom stereocenters. The van der Waals surface area contributed by atoms with Crippen molar-refractivity contribution in [2.24, 2.45) is 0 Å². The Labute approximate surface area is 192 Å². The minimum absolute atomic E-state index is 0. The lowest BCUT2D eigenvalue weighted by atomic mass is 9.87. The highest BCUT2D eigenvalue weighted by atomic mass is 16.4. The Hall–Kier alpha value is -4.78. The van der Waals surface area contributed by atoms with Crippen molar-refractivity contribution in [1.29, 1.82) is 0 Å². The lowest BCUT2D eigenvalue weighted by molar-refractivity contribution is -0.276. The molecule has 0 aromatic heterocycles. The van der Waals surface area contributed by atoms with Gasteiger partial charge in [-0.3, -0.25) is 4.79 Å². The molecule has 0 unspecified atom stereocenters. The fourth-order valence-electron chi connectivity index (χ4n) is 3.05. The largest absolute Gasteiger partial charge is 0.872 e. The molecule has 34 heavy (non-hydrogen) atoms. The zero-order valence-electron chi connectivity index (χ0n) is 18.4. The summed E-state index contributed by atoms with van der Waals surface area (Å²) in [5.74, 6) is -7.13. The van der Waals surface area contributed by atoms with E-state index in [1.807, 2.05) is 0 Å². The molecule has 0 saturated heterocycles. The van der Waals surface area contributed by atoms with Crippen LogP contribution in [0, 0.1) is 0 Å². The van der Waals surface area contributed by atoms with E-state index >= 15 is 0 Å². The number of aromatic carboxylic acids is 2. The van der Waals surface area contributed by atoms with Crippen molar-refractivity contribution in [1.82, 2.24) is 18.5 Å². The lowest BCUT2D eigenvalue weighted by Crippen LogP contribution is -2.23. The maximum Gasteiger partial charge on any atom is 0.339 e. The highest BCUT2D eigenvalue weighted by Gasteiger charge is 2.21. The number of rotatable bonds is 5. The molecule has 0 fully saturated rings. The van der Waals surface area contributed by atoms with E-state index in [-0.39, 0.29) is 40.7 Å². The Balaban J connectivity index is 0.00000363. The lowest BCUT2D eigenvalue weighted by Gasteiger charge is -2.20.